The molecular weight excluding hydrogens is 213 g/mol. The zero-order chi connectivity index (χ0) is 11.9. The van der Waals surface area contributed by atoms with Crippen LogP contribution in [-0.2, 0) is 6.42 Å². The Morgan fingerprint density at radius 2 is 2.00 bits per heavy atom. The Morgan fingerprint density at radius 3 is 2.65 bits per heavy atom. The van der Waals surface area contributed by atoms with Crippen LogP contribution >= 0.6 is 0 Å². The van der Waals surface area contributed by atoms with Crippen LogP contribution in [0.25, 0.3) is 0 Å². The molecule has 0 spiro atoms. The molecule has 2 unspecified atom stereocenters. The van der Waals surface area contributed by atoms with Gasteiger partial charge in [0.1, 0.15) is 5.82 Å². The third-order valence-corrected chi connectivity index (χ3v) is 4.29. The van der Waals surface area contributed by atoms with Gasteiger partial charge in [-0.2, -0.15) is 0 Å². The van der Waals surface area contributed by atoms with Crippen LogP contribution in [0.2, 0.25) is 0 Å². The van der Waals surface area contributed by atoms with E-state index >= 15 is 0 Å². The first-order chi connectivity index (χ1) is 8.16. The second kappa shape index (κ2) is 4.09. The normalized spacial score (nSPS) is 31.5. The molecule has 2 aliphatic rings. The number of benzene rings is 1. The van der Waals surface area contributed by atoms with Crippen molar-refractivity contribution in [1.82, 2.24) is 5.32 Å². The van der Waals surface area contributed by atoms with E-state index in [2.05, 4.69) is 12.2 Å². The van der Waals surface area contributed by atoms with E-state index in [0.29, 0.717) is 5.41 Å². The van der Waals surface area contributed by atoms with Crippen LogP contribution in [0.5, 0.6) is 0 Å². The highest BCUT2D eigenvalue weighted by Gasteiger charge is 2.49. The standard InChI is InChI=1S/C15H20FN/c1-15(8-11-2-4-13(16)5-3-11)9-12(15)10-17-14-6-7-14/h2-5,12,14,17H,6-10H2,1H3. The molecule has 2 heteroatoms. The molecule has 17 heavy (non-hydrogen) atoms. The van der Waals surface area contributed by atoms with Gasteiger partial charge in [0.25, 0.3) is 0 Å². The van der Waals surface area contributed by atoms with Gasteiger partial charge >= 0.3 is 0 Å². The Kier molecular flexibility index (Phi) is 2.70. The molecule has 1 aromatic carbocycles. The van der Waals surface area contributed by atoms with Crippen molar-refractivity contribution >= 4 is 0 Å². The molecule has 2 fully saturated rings. The van der Waals surface area contributed by atoms with Gasteiger partial charge in [0.2, 0.25) is 0 Å². The summed E-state index contributed by atoms with van der Waals surface area (Å²) in [6.07, 6.45) is 5.12. The van der Waals surface area contributed by atoms with Crippen molar-refractivity contribution in [2.45, 2.75) is 38.6 Å². The van der Waals surface area contributed by atoms with E-state index in [1.807, 2.05) is 12.1 Å². The van der Waals surface area contributed by atoms with E-state index in [9.17, 15) is 4.39 Å². The summed E-state index contributed by atoms with van der Waals surface area (Å²) in [5.74, 6) is 0.676. The van der Waals surface area contributed by atoms with Crippen LogP contribution in [0.3, 0.4) is 0 Å². The molecule has 92 valence electrons. The molecule has 3 rings (SSSR count). The fourth-order valence-electron chi connectivity index (χ4n) is 2.70. The van der Waals surface area contributed by atoms with Crippen LogP contribution in [-0.4, -0.2) is 12.6 Å². The zero-order valence-electron chi connectivity index (χ0n) is 10.4. The molecule has 0 bridgehead atoms. The van der Waals surface area contributed by atoms with Gasteiger partial charge in [-0.15, -0.1) is 0 Å². The van der Waals surface area contributed by atoms with Crippen molar-refractivity contribution in [1.29, 1.82) is 0 Å². The predicted octanol–water partition coefficient (Wildman–Crippen LogP) is 3.15. The lowest BCUT2D eigenvalue weighted by Crippen LogP contribution is -2.21. The summed E-state index contributed by atoms with van der Waals surface area (Å²) in [6, 6.07) is 7.79. The molecule has 1 N–H and O–H groups in total. The van der Waals surface area contributed by atoms with Crippen LogP contribution in [0, 0.1) is 17.2 Å². The Bertz CT molecular complexity index is 396. The van der Waals surface area contributed by atoms with Crippen molar-refractivity contribution in [3.05, 3.63) is 35.6 Å². The van der Waals surface area contributed by atoms with Crippen molar-refractivity contribution in [3.8, 4) is 0 Å². The Labute approximate surface area is 102 Å². The van der Waals surface area contributed by atoms with Crippen molar-refractivity contribution < 1.29 is 4.39 Å². The van der Waals surface area contributed by atoms with Gasteiger partial charge in [0.05, 0.1) is 0 Å². The average Bonchev–Trinajstić information content (AvgIpc) is 3.18. The zero-order valence-corrected chi connectivity index (χ0v) is 10.4. The molecule has 0 heterocycles. The average molecular weight is 233 g/mol. The van der Waals surface area contributed by atoms with Gasteiger partial charge in [-0.1, -0.05) is 19.1 Å². The van der Waals surface area contributed by atoms with E-state index in [1.165, 1.54) is 31.4 Å². The fourth-order valence-corrected chi connectivity index (χ4v) is 2.70. The van der Waals surface area contributed by atoms with Crippen molar-refractivity contribution in [2.24, 2.45) is 11.3 Å². The summed E-state index contributed by atoms with van der Waals surface area (Å²) in [4.78, 5) is 0. The van der Waals surface area contributed by atoms with Crippen LogP contribution in [0.4, 0.5) is 4.39 Å². The second-order valence-corrected chi connectivity index (χ2v) is 6.04. The van der Waals surface area contributed by atoms with E-state index < -0.39 is 0 Å². The molecule has 2 aliphatic carbocycles. The molecule has 0 radical (unpaired) electrons. The summed E-state index contributed by atoms with van der Waals surface area (Å²) in [6.45, 7) is 3.53. The van der Waals surface area contributed by atoms with E-state index in [0.717, 1.165) is 18.4 Å². The Hall–Kier alpha value is -0.890. The molecule has 0 aromatic heterocycles. The molecule has 1 nitrogen and oxygen atoms in total. The lowest BCUT2D eigenvalue weighted by Gasteiger charge is -2.12. The second-order valence-electron chi connectivity index (χ2n) is 6.04. The highest BCUT2D eigenvalue weighted by Crippen LogP contribution is 2.54. The molecule has 0 amide bonds. The fraction of sp³-hybridized carbons (Fsp3) is 0.600. The van der Waals surface area contributed by atoms with E-state index in [-0.39, 0.29) is 5.82 Å². The predicted molar refractivity (Wildman–Crippen MR) is 67.3 cm³/mol. The van der Waals surface area contributed by atoms with Crippen LogP contribution in [0.1, 0.15) is 31.7 Å². The monoisotopic (exact) mass is 233 g/mol. The number of hydrogen-bond donors (Lipinski definition) is 1. The van der Waals surface area contributed by atoms with E-state index in [4.69, 9.17) is 0 Å². The van der Waals surface area contributed by atoms with Crippen molar-refractivity contribution in [2.75, 3.05) is 6.54 Å². The third-order valence-electron chi connectivity index (χ3n) is 4.29. The number of halogens is 1. The van der Waals surface area contributed by atoms with Gasteiger partial charge in [-0.3, -0.25) is 0 Å². The smallest absolute Gasteiger partial charge is 0.123 e. The minimum atomic E-state index is -0.137. The maximum atomic E-state index is 12.8. The Balaban J connectivity index is 1.52. The minimum absolute atomic E-state index is 0.137. The summed E-state index contributed by atoms with van der Waals surface area (Å²) in [5, 5.41) is 3.61. The van der Waals surface area contributed by atoms with Gasteiger partial charge in [0, 0.05) is 6.04 Å². The highest BCUT2D eigenvalue weighted by molar-refractivity contribution is 5.20. The summed E-state index contributed by atoms with van der Waals surface area (Å²) in [7, 11) is 0. The van der Waals surface area contributed by atoms with E-state index in [1.54, 1.807) is 12.1 Å². The number of nitrogens with one attached hydrogen (secondary N) is 1. The number of hydrogen-bond acceptors (Lipinski definition) is 1. The molecular formula is C15H20FN. The maximum absolute atomic E-state index is 12.8. The number of rotatable bonds is 5. The molecule has 2 saturated carbocycles. The summed E-state index contributed by atoms with van der Waals surface area (Å²) < 4.78 is 12.8. The molecule has 0 saturated heterocycles. The molecule has 2 atom stereocenters. The molecule has 0 aliphatic heterocycles. The van der Waals surface area contributed by atoms with Gasteiger partial charge in [0.15, 0.2) is 0 Å². The quantitative estimate of drug-likeness (QED) is 0.824. The maximum Gasteiger partial charge on any atom is 0.123 e. The van der Waals surface area contributed by atoms with Gasteiger partial charge in [-0.05, 0) is 61.3 Å². The van der Waals surface area contributed by atoms with Crippen LogP contribution < -0.4 is 5.32 Å². The first-order valence-corrected chi connectivity index (χ1v) is 6.63. The first kappa shape index (κ1) is 11.2. The lowest BCUT2D eigenvalue weighted by molar-refractivity contribution is 0.475. The minimum Gasteiger partial charge on any atom is -0.314 e. The van der Waals surface area contributed by atoms with Gasteiger partial charge in [-0.25, -0.2) is 4.39 Å². The van der Waals surface area contributed by atoms with Gasteiger partial charge < -0.3 is 5.32 Å². The third kappa shape index (κ3) is 2.68. The SMILES string of the molecule is CC1(Cc2ccc(F)cc2)CC1CNC1CC1. The largest absolute Gasteiger partial charge is 0.314 e. The summed E-state index contributed by atoms with van der Waals surface area (Å²) >= 11 is 0. The lowest BCUT2D eigenvalue weighted by atomic mass is 9.96. The highest BCUT2D eigenvalue weighted by atomic mass is 19.1. The summed E-state index contributed by atoms with van der Waals surface area (Å²) in [5.41, 5.74) is 1.71. The topological polar surface area (TPSA) is 12.0 Å². The Morgan fingerprint density at radius 1 is 1.29 bits per heavy atom. The van der Waals surface area contributed by atoms with Crippen molar-refractivity contribution in [3.63, 3.8) is 0 Å². The first-order valence-electron chi connectivity index (χ1n) is 6.63. The molecule has 1 aromatic rings. The van der Waals surface area contributed by atoms with Crippen LogP contribution in [0.15, 0.2) is 24.3 Å².